The lowest BCUT2D eigenvalue weighted by molar-refractivity contribution is -0.150. The van der Waals surface area contributed by atoms with Gasteiger partial charge in [0.1, 0.15) is 17.1 Å². The van der Waals surface area contributed by atoms with Crippen molar-refractivity contribution in [2.24, 2.45) is 0 Å². The average molecular weight is 567 g/mol. The van der Waals surface area contributed by atoms with Crippen LogP contribution < -0.4 is 10.6 Å². The van der Waals surface area contributed by atoms with Crippen molar-refractivity contribution in [2.45, 2.75) is 22.2 Å². The Hall–Kier alpha value is -2.46. The molecule has 0 saturated carbocycles. The summed E-state index contributed by atoms with van der Waals surface area (Å²) in [6.45, 7) is 2.72. The van der Waals surface area contributed by atoms with Crippen LogP contribution in [0.5, 0.6) is 0 Å². The number of amides is 3. The van der Waals surface area contributed by atoms with Crippen LogP contribution >= 0.6 is 46.2 Å². The Morgan fingerprint density at radius 2 is 2.06 bits per heavy atom. The van der Waals surface area contributed by atoms with E-state index in [4.69, 9.17) is 0 Å². The normalized spacial score (nSPS) is 21.7. The van der Waals surface area contributed by atoms with E-state index >= 15 is 0 Å². The molecule has 1 unspecified atom stereocenters. The Bertz CT molecular complexity index is 1210. The number of β-lactam (4-membered cyclic amide) rings is 1. The number of carbonyl (C=O) groups excluding carboxylic acids is 3. The standard InChI is InChI=1S/C21H22N6O5S4/c28-13(8-12-2-1-7-33-12)23-14-17(29)27-15(20(31)32)11(9-34-19(14)27)10-35-21-25-24-16(36-21)18(30)26-5-3-22-4-6-26/h1-2,7,14,19,22H,3-6,8-10H2,(H,23,28)(H,31,32)/t14?,19-/m0/s1. The first-order valence-corrected chi connectivity index (χ1v) is 14.8. The summed E-state index contributed by atoms with van der Waals surface area (Å²) in [6, 6.07) is 2.97. The number of nitrogens with zero attached hydrogens (tertiary/aromatic N) is 4. The zero-order chi connectivity index (χ0) is 25.2. The Balaban J connectivity index is 1.22. The molecule has 2 aromatic rings. The van der Waals surface area contributed by atoms with Crippen molar-refractivity contribution in [2.75, 3.05) is 37.7 Å². The van der Waals surface area contributed by atoms with Gasteiger partial charge in [-0.25, -0.2) is 4.79 Å². The predicted molar refractivity (Wildman–Crippen MR) is 137 cm³/mol. The first-order valence-electron chi connectivity index (χ1n) is 11.1. The van der Waals surface area contributed by atoms with Gasteiger partial charge in [0.15, 0.2) is 4.34 Å². The first-order chi connectivity index (χ1) is 17.4. The summed E-state index contributed by atoms with van der Waals surface area (Å²) < 4.78 is 0.562. The maximum absolute atomic E-state index is 12.8. The van der Waals surface area contributed by atoms with Gasteiger partial charge in [-0.05, 0) is 17.0 Å². The number of aliphatic carboxylic acids is 1. The third-order valence-electron chi connectivity index (χ3n) is 5.84. The maximum atomic E-state index is 12.8. The summed E-state index contributed by atoms with van der Waals surface area (Å²) >= 11 is 5.37. The van der Waals surface area contributed by atoms with Crippen LogP contribution in [0.4, 0.5) is 0 Å². The number of fused-ring (bicyclic) bond motifs is 1. The zero-order valence-corrected chi connectivity index (χ0v) is 22.1. The van der Waals surface area contributed by atoms with Crippen molar-refractivity contribution in [3.63, 3.8) is 0 Å². The highest BCUT2D eigenvalue weighted by atomic mass is 32.2. The number of carbonyl (C=O) groups is 4. The van der Waals surface area contributed by atoms with Crippen LogP contribution in [0.25, 0.3) is 0 Å². The molecule has 3 N–H and O–H groups in total. The number of nitrogens with one attached hydrogen (secondary N) is 2. The molecule has 0 aliphatic carbocycles. The van der Waals surface area contributed by atoms with Gasteiger partial charge in [0.05, 0.1) is 6.42 Å². The molecule has 190 valence electrons. The SMILES string of the molecule is O=C(Cc1cccs1)NC1C(=O)N2C(C(=O)O)=C(CSc3nnc(C(=O)N4CCNCC4)s3)CS[C@@H]12. The molecule has 11 nitrogen and oxygen atoms in total. The van der Waals surface area contributed by atoms with Crippen molar-refractivity contribution >= 4 is 69.9 Å². The van der Waals surface area contributed by atoms with Crippen molar-refractivity contribution in [3.8, 4) is 0 Å². The number of hydrogen-bond acceptors (Lipinski definition) is 11. The van der Waals surface area contributed by atoms with Crippen LogP contribution in [0.2, 0.25) is 0 Å². The van der Waals surface area contributed by atoms with Gasteiger partial charge >= 0.3 is 5.97 Å². The van der Waals surface area contributed by atoms with Gasteiger partial charge in [0.25, 0.3) is 11.8 Å². The number of aromatic nitrogens is 2. The van der Waals surface area contributed by atoms with Gasteiger partial charge in [-0.2, -0.15) is 0 Å². The highest BCUT2D eigenvalue weighted by Gasteiger charge is 2.54. The largest absolute Gasteiger partial charge is 0.477 e. The molecule has 0 aromatic carbocycles. The van der Waals surface area contributed by atoms with Gasteiger partial charge < -0.3 is 20.6 Å². The van der Waals surface area contributed by atoms with E-state index in [1.54, 1.807) is 4.90 Å². The lowest BCUT2D eigenvalue weighted by atomic mass is 10.0. The van der Waals surface area contributed by atoms with Gasteiger partial charge in [-0.15, -0.1) is 33.3 Å². The summed E-state index contributed by atoms with van der Waals surface area (Å²) in [7, 11) is 0. The third kappa shape index (κ3) is 5.16. The van der Waals surface area contributed by atoms with Crippen LogP contribution in [-0.2, 0) is 20.8 Å². The lowest BCUT2D eigenvalue weighted by Gasteiger charge is -2.49. The van der Waals surface area contributed by atoms with E-state index in [0.29, 0.717) is 39.5 Å². The predicted octanol–water partition coefficient (Wildman–Crippen LogP) is 0.718. The molecule has 2 fully saturated rings. The van der Waals surface area contributed by atoms with Crippen molar-refractivity contribution in [1.29, 1.82) is 0 Å². The Labute approximate surface area is 222 Å². The van der Waals surface area contributed by atoms with Gasteiger partial charge in [0.2, 0.25) is 10.9 Å². The minimum Gasteiger partial charge on any atom is -0.477 e. The van der Waals surface area contributed by atoms with Crippen LogP contribution in [0.15, 0.2) is 33.1 Å². The fraction of sp³-hybridized carbons (Fsp3) is 0.429. The first kappa shape index (κ1) is 25.2. The van der Waals surface area contributed by atoms with E-state index in [1.807, 2.05) is 17.5 Å². The number of piperazine rings is 1. The molecule has 2 atom stereocenters. The molecule has 0 bridgehead atoms. The number of carboxylic acid groups (broad SMARTS) is 1. The molecule has 3 aliphatic rings. The smallest absolute Gasteiger partial charge is 0.352 e. The second kappa shape index (κ2) is 10.9. The highest BCUT2D eigenvalue weighted by molar-refractivity contribution is 8.01. The van der Waals surface area contributed by atoms with Crippen LogP contribution in [-0.4, -0.2) is 97.9 Å². The summed E-state index contributed by atoms with van der Waals surface area (Å²) in [5.74, 6) is -1.31. The third-order valence-corrected chi connectivity index (χ3v) is 10.2. The van der Waals surface area contributed by atoms with Crippen LogP contribution in [0.3, 0.4) is 0 Å². The summed E-state index contributed by atoms with van der Waals surface area (Å²) in [6.07, 6.45) is 0.184. The molecule has 0 radical (unpaired) electrons. The fourth-order valence-electron chi connectivity index (χ4n) is 4.10. The molecule has 36 heavy (non-hydrogen) atoms. The number of thioether (sulfide) groups is 2. The Kier molecular flexibility index (Phi) is 7.62. The highest BCUT2D eigenvalue weighted by Crippen LogP contribution is 2.41. The minimum atomic E-state index is -1.18. The molecule has 15 heteroatoms. The molecular weight excluding hydrogens is 545 g/mol. The molecule has 3 aliphatic heterocycles. The van der Waals surface area contributed by atoms with E-state index in [2.05, 4.69) is 20.8 Å². The van der Waals surface area contributed by atoms with Crippen LogP contribution in [0.1, 0.15) is 14.7 Å². The van der Waals surface area contributed by atoms with Gasteiger partial charge in [-0.3, -0.25) is 19.3 Å². The summed E-state index contributed by atoms with van der Waals surface area (Å²) in [5, 5.41) is 25.7. The molecule has 0 spiro atoms. The fourth-order valence-corrected chi connectivity index (χ4v) is 8.10. The molecule has 2 saturated heterocycles. The number of thiophene rings is 1. The number of hydrogen-bond donors (Lipinski definition) is 3. The van der Waals surface area contributed by atoms with Crippen molar-refractivity contribution in [3.05, 3.63) is 38.7 Å². The van der Waals surface area contributed by atoms with E-state index in [1.165, 1.54) is 51.1 Å². The molecule has 5 heterocycles. The maximum Gasteiger partial charge on any atom is 0.352 e. The monoisotopic (exact) mass is 566 g/mol. The van der Waals surface area contributed by atoms with E-state index < -0.39 is 23.3 Å². The van der Waals surface area contributed by atoms with Crippen LogP contribution in [0, 0.1) is 0 Å². The van der Waals surface area contributed by atoms with Gasteiger partial charge in [0, 0.05) is 42.6 Å². The van der Waals surface area contributed by atoms with Crippen molar-refractivity contribution in [1.82, 2.24) is 30.6 Å². The second-order valence-electron chi connectivity index (χ2n) is 8.17. The molecule has 3 amide bonds. The summed E-state index contributed by atoms with van der Waals surface area (Å²) in [4.78, 5) is 53.8. The molecule has 5 rings (SSSR count). The minimum absolute atomic E-state index is 0.0402. The average Bonchev–Trinajstić information content (AvgIpc) is 3.57. The van der Waals surface area contributed by atoms with E-state index in [9.17, 15) is 24.3 Å². The summed E-state index contributed by atoms with van der Waals surface area (Å²) in [5.41, 5.74) is 0.553. The van der Waals surface area contributed by atoms with Gasteiger partial charge in [-0.1, -0.05) is 29.2 Å². The second-order valence-corrected chi connectivity index (χ2v) is 12.5. The van der Waals surface area contributed by atoms with Crippen molar-refractivity contribution < 1.29 is 24.3 Å². The number of rotatable bonds is 8. The van der Waals surface area contributed by atoms with E-state index in [0.717, 1.165) is 18.0 Å². The number of carboxylic acids is 1. The topological polar surface area (TPSA) is 145 Å². The van der Waals surface area contributed by atoms with E-state index in [-0.39, 0.29) is 23.9 Å². The zero-order valence-electron chi connectivity index (χ0n) is 18.8. The molecular formula is C21H22N6O5S4. The Morgan fingerprint density at radius 1 is 1.25 bits per heavy atom. The Morgan fingerprint density at radius 3 is 2.78 bits per heavy atom. The molecule has 2 aromatic heterocycles. The quantitative estimate of drug-likeness (QED) is 0.309. The lowest BCUT2D eigenvalue weighted by Crippen LogP contribution is -2.70.